The van der Waals surface area contributed by atoms with E-state index < -0.39 is 258 Å². The zero-order chi connectivity index (χ0) is 79.6. The van der Waals surface area contributed by atoms with Gasteiger partial charge in [-0.1, -0.05) is 60.7 Å². The number of ether oxygens (including phenoxy) is 24. The monoisotopic (exact) mass is 1540 g/mol. The van der Waals surface area contributed by atoms with Crippen molar-refractivity contribution in [2.45, 2.75) is 245 Å². The van der Waals surface area contributed by atoms with Crippen molar-refractivity contribution in [1.29, 1.82) is 0 Å². The third-order valence-corrected chi connectivity index (χ3v) is 15.6. The van der Waals surface area contributed by atoms with Gasteiger partial charge in [-0.15, -0.1) is 0 Å². The van der Waals surface area contributed by atoms with Gasteiger partial charge in [0.1, 0.15) is 75.3 Å². The summed E-state index contributed by atoms with van der Waals surface area (Å²) in [5.41, 5.74) is 1.18. The van der Waals surface area contributed by atoms with E-state index in [1.807, 2.05) is 0 Å². The fourth-order valence-corrected chi connectivity index (χ4v) is 11.7. The fourth-order valence-electron chi connectivity index (χ4n) is 11.7. The summed E-state index contributed by atoms with van der Waals surface area (Å²) in [5, 5.41) is 0. The van der Waals surface area contributed by atoms with Crippen molar-refractivity contribution in [2.24, 2.45) is 0 Å². The third kappa shape index (κ3) is 27.7. The number of esters is 14. The summed E-state index contributed by atoms with van der Waals surface area (Å²) in [6.45, 7) is 8.79. The van der Waals surface area contributed by atoms with E-state index in [4.69, 9.17) is 114 Å². The van der Waals surface area contributed by atoms with Crippen LogP contribution >= 0.6 is 0 Å². The Morgan fingerprint density at radius 1 is 0.269 bits per heavy atom. The third-order valence-electron chi connectivity index (χ3n) is 15.6. The average Bonchev–Trinajstić information content (AvgIpc) is 0.770. The Labute approximate surface area is 619 Å². The van der Waals surface area contributed by atoms with E-state index in [2.05, 4.69) is 0 Å². The number of hydrogen-bond donors (Lipinski definition) is 0. The highest BCUT2D eigenvalue weighted by molar-refractivity contribution is 5.71. The molecule has 2 aromatic carbocycles. The molecular formula is C70H90O38. The molecule has 0 radical (unpaired) electrons. The zero-order valence-electron chi connectivity index (χ0n) is 61.6. The molecule has 598 valence electrons. The van der Waals surface area contributed by atoms with E-state index in [0.717, 1.165) is 96.9 Å². The molecule has 4 heterocycles. The van der Waals surface area contributed by atoms with Gasteiger partial charge in [0, 0.05) is 96.9 Å². The van der Waals surface area contributed by atoms with Crippen LogP contribution in [-0.2, 0) is 194 Å². The number of hydrogen-bond acceptors (Lipinski definition) is 38. The van der Waals surface area contributed by atoms with Crippen molar-refractivity contribution in [2.75, 3.05) is 39.6 Å². The molecule has 4 aliphatic rings. The van der Waals surface area contributed by atoms with Gasteiger partial charge in [0.05, 0.1) is 26.4 Å². The van der Waals surface area contributed by atoms with E-state index in [1.165, 1.54) is 0 Å². The van der Waals surface area contributed by atoms with Gasteiger partial charge in [-0.25, -0.2) is 0 Å². The van der Waals surface area contributed by atoms with Gasteiger partial charge < -0.3 is 114 Å². The average molecular weight is 1540 g/mol. The highest BCUT2D eigenvalue weighted by atomic mass is 16.8. The normalized spacial score (nSPS) is 28.5. The van der Waals surface area contributed by atoms with Gasteiger partial charge in [-0.3, -0.25) is 67.1 Å². The minimum atomic E-state index is -2.11. The van der Waals surface area contributed by atoms with Crippen LogP contribution in [-0.4, -0.2) is 258 Å². The molecule has 0 aliphatic carbocycles. The van der Waals surface area contributed by atoms with Crippen molar-refractivity contribution in [3.05, 3.63) is 71.8 Å². The molecule has 0 bridgehead atoms. The molecule has 2 aromatic rings. The molecular weight excluding hydrogens is 1450 g/mol. The van der Waals surface area contributed by atoms with E-state index in [-0.39, 0.29) is 13.2 Å². The lowest BCUT2D eigenvalue weighted by Gasteiger charge is -2.49. The molecule has 4 fully saturated rings. The summed E-state index contributed by atoms with van der Waals surface area (Å²) >= 11 is 0. The van der Waals surface area contributed by atoms with Gasteiger partial charge in [0.2, 0.25) is 0 Å². The molecule has 0 aromatic heterocycles. The molecule has 38 heteroatoms. The van der Waals surface area contributed by atoms with E-state index in [9.17, 15) is 67.1 Å². The maximum atomic E-state index is 13.7. The smallest absolute Gasteiger partial charge is 0.303 e. The Balaban J connectivity index is 1.56. The van der Waals surface area contributed by atoms with Crippen molar-refractivity contribution in [3.63, 3.8) is 0 Å². The quantitative estimate of drug-likeness (QED) is 0.0695. The van der Waals surface area contributed by atoms with Crippen LogP contribution < -0.4 is 0 Å². The van der Waals surface area contributed by atoms with Crippen LogP contribution in [0.25, 0.3) is 0 Å². The molecule has 4 saturated heterocycles. The summed E-state index contributed by atoms with van der Waals surface area (Å²) < 4.78 is 145. The Hall–Kier alpha value is -9.38. The molecule has 6 rings (SSSR count). The van der Waals surface area contributed by atoms with Crippen LogP contribution in [0.3, 0.4) is 0 Å². The number of rotatable bonds is 35. The fraction of sp³-hybridized carbons (Fsp3) is 0.629. The number of benzene rings is 2. The predicted octanol–water partition coefficient (Wildman–Crippen LogP) is 1.43. The van der Waals surface area contributed by atoms with Gasteiger partial charge in [-0.05, 0) is 11.1 Å². The van der Waals surface area contributed by atoms with Gasteiger partial charge in [0.25, 0.3) is 0 Å². The molecule has 38 nitrogen and oxygen atoms in total. The van der Waals surface area contributed by atoms with Crippen LogP contribution in [0.4, 0.5) is 0 Å². The van der Waals surface area contributed by atoms with E-state index in [0.29, 0.717) is 11.1 Å². The molecule has 0 N–H and O–H groups in total. The lowest BCUT2D eigenvalue weighted by Crippen LogP contribution is -2.68. The lowest BCUT2D eigenvalue weighted by atomic mass is 9.95. The molecule has 4 aliphatic heterocycles. The first kappa shape index (κ1) is 87.5. The summed E-state index contributed by atoms with van der Waals surface area (Å²) in [6, 6.07) is 17.2. The second-order valence-electron chi connectivity index (χ2n) is 24.7. The maximum Gasteiger partial charge on any atom is 0.303 e. The predicted molar refractivity (Wildman–Crippen MR) is 348 cm³/mol. The zero-order valence-corrected chi connectivity index (χ0v) is 61.6. The first-order valence-corrected chi connectivity index (χ1v) is 33.8. The van der Waals surface area contributed by atoms with Crippen LogP contribution in [0.15, 0.2) is 60.7 Å². The maximum absolute atomic E-state index is 13.7. The van der Waals surface area contributed by atoms with Crippen molar-refractivity contribution < 1.29 is 181 Å². The van der Waals surface area contributed by atoms with Crippen LogP contribution in [0.5, 0.6) is 0 Å². The van der Waals surface area contributed by atoms with E-state index in [1.54, 1.807) is 60.7 Å². The topological polar surface area (TPSA) is 461 Å². The summed E-state index contributed by atoms with van der Waals surface area (Å²) in [5.74, 6) is -14.2. The SMILES string of the molecule is CC(=O)OC[C@H]1O[C@@H](O[C@H]2[C@H](OC(C)=O)[C@@H](OC(C)=O)[C@H](O[C@H](COCc3ccccc3)[C@@H](COCc3ccccc3)O[C@@H]3O[C@H](COC(C)=O)[C@@H](O[C@@H]4O[C@H](COC(C)=O)[C@H](OC(C)=O)[C@H](OC(C)=O)[C@H]4OC(C)=O)[C@H](OC(C)=O)[C@H]3OC(C)=O)O[C@@H]2COC(C)=O)[C@H](OC(C)=O)[C@@H](OC(C)=O)[C@H]1OC(C)=O. The first-order valence-electron chi connectivity index (χ1n) is 33.8. The summed E-state index contributed by atoms with van der Waals surface area (Å²) in [6.07, 6.45) is -41.8. The summed E-state index contributed by atoms with van der Waals surface area (Å²) in [4.78, 5) is 182. The summed E-state index contributed by atoms with van der Waals surface area (Å²) in [7, 11) is 0. The number of carbonyl (C=O) groups is 14. The lowest BCUT2D eigenvalue weighted by molar-refractivity contribution is -0.378. The van der Waals surface area contributed by atoms with Gasteiger partial charge in [0.15, 0.2) is 86.2 Å². The van der Waals surface area contributed by atoms with Gasteiger partial charge in [-0.2, -0.15) is 0 Å². The second-order valence-corrected chi connectivity index (χ2v) is 24.7. The Morgan fingerprint density at radius 2 is 0.481 bits per heavy atom. The first-order chi connectivity index (χ1) is 51.1. The Bertz CT molecular complexity index is 3180. The van der Waals surface area contributed by atoms with E-state index >= 15 is 0 Å². The molecule has 108 heavy (non-hydrogen) atoms. The minimum absolute atomic E-state index is 0.193. The van der Waals surface area contributed by atoms with Crippen molar-refractivity contribution >= 4 is 83.6 Å². The second kappa shape index (κ2) is 42.4. The Kier molecular flexibility index (Phi) is 34.4. The molecule has 22 atom stereocenters. The van der Waals surface area contributed by atoms with Crippen molar-refractivity contribution in [1.82, 2.24) is 0 Å². The van der Waals surface area contributed by atoms with Crippen LogP contribution in [0, 0.1) is 0 Å². The van der Waals surface area contributed by atoms with Crippen LogP contribution in [0.2, 0.25) is 0 Å². The number of carbonyl (C=O) groups excluding carboxylic acids is 14. The Morgan fingerprint density at radius 3 is 0.731 bits per heavy atom. The van der Waals surface area contributed by atoms with Crippen molar-refractivity contribution in [3.8, 4) is 0 Å². The molecule has 0 amide bonds. The minimum Gasteiger partial charge on any atom is -0.463 e. The molecule has 0 saturated carbocycles. The highest BCUT2D eigenvalue weighted by Gasteiger charge is 2.61. The molecule has 0 unspecified atom stereocenters. The van der Waals surface area contributed by atoms with Crippen LogP contribution in [0.1, 0.15) is 108 Å². The largest absolute Gasteiger partial charge is 0.463 e. The molecule has 0 spiro atoms. The standard InChI is InChI=1S/C70H90O38/c1-33(71)87-29-51-55(91-37(5)75)59(93-39(7)77)65(99-45(13)83)69(105-51)107-57-53(31-89-35(3)73)103-67(63(97-43(11)81)61(57)95-41(9)79)101-49(27-85-25-47-21-17-15-18-22-47)50(28-86-26-48-23-19-16-20-24-48)102-68-64(98-44(12)82)62(96-42(10)80)58(54(104-68)32-90-36(4)74)108-70-66(100-46(14)84)60(94-40(8)78)56(92-38(6)76)52(106-70)30-88-34(2)72/h15-24,49-70H,25-32H2,1-14H3/t49-,50-,51-,52-,53-,54-,55+,56+,57-,58-,59+,60+,61+,62+,63-,64-,65-,66-,67-,68-,69+,70+/m1/s1. The van der Waals surface area contributed by atoms with Gasteiger partial charge >= 0.3 is 83.6 Å². The highest BCUT2D eigenvalue weighted by Crippen LogP contribution is 2.40.